The first-order chi connectivity index (χ1) is 12.5. The molecule has 2 amide bonds. The third kappa shape index (κ3) is 5.77. The Morgan fingerprint density at radius 2 is 1.81 bits per heavy atom. The molecule has 2 aromatic carbocycles. The maximum absolute atomic E-state index is 13.6. The molecule has 7 heteroatoms. The highest BCUT2D eigenvalue weighted by molar-refractivity contribution is 5.87. The minimum Gasteiger partial charge on any atom is -0.486 e. The van der Waals surface area contributed by atoms with Gasteiger partial charge in [-0.15, -0.1) is 0 Å². The number of ether oxygens (including phenoxy) is 1. The van der Waals surface area contributed by atoms with Gasteiger partial charge in [0.15, 0.2) is 11.6 Å². The van der Waals surface area contributed by atoms with Crippen LogP contribution in [0.25, 0.3) is 0 Å². The highest BCUT2D eigenvalue weighted by Gasteiger charge is 2.12. The number of para-hydroxylation sites is 1. The van der Waals surface area contributed by atoms with Gasteiger partial charge in [0.05, 0.1) is 12.1 Å². The average molecular weight is 360 g/mol. The Morgan fingerprint density at radius 1 is 1.12 bits per heavy atom. The monoisotopic (exact) mass is 360 g/mol. The molecular weight excluding hydrogens is 339 g/mol. The van der Waals surface area contributed by atoms with Crippen LogP contribution in [-0.2, 0) is 6.54 Å². The summed E-state index contributed by atoms with van der Waals surface area (Å²) in [7, 11) is 0. The summed E-state index contributed by atoms with van der Waals surface area (Å²) in [5.41, 5.74) is 0.967. The van der Waals surface area contributed by atoms with E-state index in [0.717, 1.165) is 5.56 Å². The normalized spacial score (nSPS) is 11.5. The maximum Gasteiger partial charge on any atom is 0.335 e. The van der Waals surface area contributed by atoms with Gasteiger partial charge >= 0.3 is 12.0 Å². The quantitative estimate of drug-likeness (QED) is 0.675. The Bertz CT molecular complexity index is 749. The zero-order chi connectivity index (χ0) is 18.9. The van der Waals surface area contributed by atoms with Gasteiger partial charge in [-0.1, -0.05) is 31.2 Å². The third-order valence-electron chi connectivity index (χ3n) is 3.73. The standard InChI is InChI=1S/C19H21FN2O4/c1-2-15(26-17-6-4-3-5-16(17)20)12-22-19(25)21-11-13-7-9-14(10-8-13)18(23)24/h3-10,15H,2,11-12H2,1H3,(H,23,24)(H2,21,22,25). The second-order valence-corrected chi connectivity index (χ2v) is 5.64. The van der Waals surface area contributed by atoms with E-state index in [-0.39, 0.29) is 36.5 Å². The van der Waals surface area contributed by atoms with Gasteiger partial charge in [-0.2, -0.15) is 0 Å². The Balaban J connectivity index is 1.78. The Labute approximate surface area is 151 Å². The highest BCUT2D eigenvalue weighted by atomic mass is 19.1. The van der Waals surface area contributed by atoms with E-state index >= 15 is 0 Å². The van der Waals surface area contributed by atoms with Crippen LogP contribution < -0.4 is 15.4 Å². The number of hydrogen-bond donors (Lipinski definition) is 3. The van der Waals surface area contributed by atoms with Gasteiger partial charge in [-0.05, 0) is 36.2 Å². The summed E-state index contributed by atoms with van der Waals surface area (Å²) in [6.45, 7) is 2.38. The van der Waals surface area contributed by atoms with Gasteiger partial charge in [0.1, 0.15) is 6.10 Å². The van der Waals surface area contributed by atoms with E-state index in [1.165, 1.54) is 18.2 Å². The number of benzene rings is 2. The van der Waals surface area contributed by atoms with Gasteiger partial charge in [0, 0.05) is 6.54 Å². The number of nitrogens with one attached hydrogen (secondary N) is 2. The topological polar surface area (TPSA) is 87.7 Å². The van der Waals surface area contributed by atoms with Crippen molar-refractivity contribution in [3.05, 3.63) is 65.5 Å². The number of halogens is 1. The van der Waals surface area contributed by atoms with E-state index in [4.69, 9.17) is 9.84 Å². The summed E-state index contributed by atoms with van der Waals surface area (Å²) in [6, 6.07) is 12.0. The first kappa shape index (κ1) is 19.2. The molecule has 2 aromatic rings. The lowest BCUT2D eigenvalue weighted by Crippen LogP contribution is -2.41. The lowest BCUT2D eigenvalue weighted by molar-refractivity contribution is 0.0697. The molecule has 0 bridgehead atoms. The largest absolute Gasteiger partial charge is 0.486 e. The summed E-state index contributed by atoms with van der Waals surface area (Å²) < 4.78 is 19.2. The van der Waals surface area contributed by atoms with Gasteiger partial charge in [-0.25, -0.2) is 14.0 Å². The lowest BCUT2D eigenvalue weighted by Gasteiger charge is -2.18. The van der Waals surface area contributed by atoms with E-state index in [9.17, 15) is 14.0 Å². The van der Waals surface area contributed by atoms with Crippen molar-refractivity contribution in [2.24, 2.45) is 0 Å². The van der Waals surface area contributed by atoms with E-state index in [0.29, 0.717) is 6.42 Å². The van der Waals surface area contributed by atoms with Crippen molar-refractivity contribution in [1.82, 2.24) is 10.6 Å². The predicted octanol–water partition coefficient (Wildman–Crippen LogP) is 3.18. The van der Waals surface area contributed by atoms with E-state index in [1.807, 2.05) is 6.92 Å². The summed E-state index contributed by atoms with van der Waals surface area (Å²) in [4.78, 5) is 22.7. The molecule has 2 rings (SSSR count). The molecule has 0 radical (unpaired) electrons. The van der Waals surface area contributed by atoms with Crippen molar-refractivity contribution in [2.75, 3.05) is 6.54 Å². The number of urea groups is 1. The minimum atomic E-state index is -0.997. The SMILES string of the molecule is CCC(CNC(=O)NCc1ccc(C(=O)O)cc1)Oc1ccccc1F. The molecule has 0 aliphatic heterocycles. The maximum atomic E-state index is 13.6. The van der Waals surface area contributed by atoms with Crippen molar-refractivity contribution in [2.45, 2.75) is 26.0 Å². The second kappa shape index (κ2) is 9.41. The fourth-order valence-corrected chi connectivity index (χ4v) is 2.21. The van der Waals surface area contributed by atoms with E-state index in [1.54, 1.807) is 30.3 Å². The van der Waals surface area contributed by atoms with Crippen LogP contribution in [0.15, 0.2) is 48.5 Å². The Morgan fingerprint density at radius 3 is 2.42 bits per heavy atom. The third-order valence-corrected chi connectivity index (χ3v) is 3.73. The number of carboxylic acid groups (broad SMARTS) is 1. The minimum absolute atomic E-state index is 0.153. The molecular formula is C19H21FN2O4. The fourth-order valence-electron chi connectivity index (χ4n) is 2.21. The van der Waals surface area contributed by atoms with Crippen molar-refractivity contribution in [3.63, 3.8) is 0 Å². The van der Waals surface area contributed by atoms with Gasteiger partial charge in [0.25, 0.3) is 0 Å². The molecule has 0 saturated heterocycles. The van der Waals surface area contributed by atoms with Crippen molar-refractivity contribution in [3.8, 4) is 5.75 Å². The number of carboxylic acids is 1. The van der Waals surface area contributed by atoms with Crippen LogP contribution in [0.2, 0.25) is 0 Å². The van der Waals surface area contributed by atoms with Crippen LogP contribution in [0, 0.1) is 5.82 Å². The predicted molar refractivity (Wildman–Crippen MR) is 94.7 cm³/mol. The molecule has 0 aliphatic carbocycles. The molecule has 1 unspecified atom stereocenters. The van der Waals surface area contributed by atoms with E-state index in [2.05, 4.69) is 10.6 Å². The molecule has 138 valence electrons. The summed E-state index contributed by atoms with van der Waals surface area (Å²) in [5, 5.41) is 14.2. The molecule has 6 nitrogen and oxygen atoms in total. The number of amides is 2. The van der Waals surface area contributed by atoms with Crippen LogP contribution in [0.1, 0.15) is 29.3 Å². The first-order valence-electron chi connectivity index (χ1n) is 8.24. The van der Waals surface area contributed by atoms with Gasteiger partial charge in [-0.3, -0.25) is 0 Å². The summed E-state index contributed by atoms with van der Waals surface area (Å²) in [6.07, 6.45) is 0.248. The number of hydrogen-bond acceptors (Lipinski definition) is 3. The zero-order valence-corrected chi connectivity index (χ0v) is 14.4. The Kier molecular flexibility index (Phi) is 6.96. The van der Waals surface area contributed by atoms with Crippen LogP contribution in [-0.4, -0.2) is 29.8 Å². The van der Waals surface area contributed by atoms with Gasteiger partial charge in [0.2, 0.25) is 0 Å². The second-order valence-electron chi connectivity index (χ2n) is 5.64. The van der Waals surface area contributed by atoms with Crippen LogP contribution in [0.4, 0.5) is 9.18 Å². The molecule has 0 spiro atoms. The summed E-state index contributed by atoms with van der Waals surface area (Å²) in [5.74, 6) is -1.29. The number of carbonyl (C=O) groups is 2. The molecule has 1 atom stereocenters. The first-order valence-corrected chi connectivity index (χ1v) is 8.24. The molecule has 0 aliphatic rings. The highest BCUT2D eigenvalue weighted by Crippen LogP contribution is 2.17. The zero-order valence-electron chi connectivity index (χ0n) is 14.4. The lowest BCUT2D eigenvalue weighted by atomic mass is 10.1. The van der Waals surface area contributed by atoms with Crippen LogP contribution in [0.3, 0.4) is 0 Å². The van der Waals surface area contributed by atoms with Crippen molar-refractivity contribution in [1.29, 1.82) is 0 Å². The molecule has 0 aromatic heterocycles. The van der Waals surface area contributed by atoms with Crippen LogP contribution in [0.5, 0.6) is 5.75 Å². The molecule has 0 fully saturated rings. The average Bonchev–Trinajstić information content (AvgIpc) is 2.65. The fraction of sp³-hybridized carbons (Fsp3) is 0.263. The van der Waals surface area contributed by atoms with Crippen molar-refractivity contribution < 1.29 is 23.8 Å². The molecule has 0 saturated carbocycles. The molecule has 0 heterocycles. The smallest absolute Gasteiger partial charge is 0.335 e. The van der Waals surface area contributed by atoms with Crippen molar-refractivity contribution >= 4 is 12.0 Å². The number of carbonyl (C=O) groups excluding carboxylic acids is 1. The van der Waals surface area contributed by atoms with Gasteiger partial charge < -0.3 is 20.5 Å². The number of rotatable bonds is 8. The molecule has 26 heavy (non-hydrogen) atoms. The van der Waals surface area contributed by atoms with E-state index < -0.39 is 11.8 Å². The summed E-state index contributed by atoms with van der Waals surface area (Å²) >= 11 is 0. The number of aromatic carboxylic acids is 1. The Hall–Kier alpha value is -3.09. The van der Waals surface area contributed by atoms with Crippen LogP contribution >= 0.6 is 0 Å². The molecule has 3 N–H and O–H groups in total.